The van der Waals surface area contributed by atoms with Crippen molar-refractivity contribution in [2.45, 2.75) is 39.3 Å². The Morgan fingerprint density at radius 1 is 1.29 bits per heavy atom. The molecular weight excluding hydrogens is 238 g/mol. The Labute approximate surface area is 108 Å². The van der Waals surface area contributed by atoms with E-state index in [4.69, 9.17) is 26.8 Å². The molecule has 1 rings (SSSR count). The van der Waals surface area contributed by atoms with Crippen LogP contribution < -0.4 is 15.2 Å². The highest BCUT2D eigenvalue weighted by Gasteiger charge is 2.16. The van der Waals surface area contributed by atoms with Gasteiger partial charge in [0.2, 0.25) is 0 Å². The van der Waals surface area contributed by atoms with Gasteiger partial charge in [0, 0.05) is 16.6 Å². The van der Waals surface area contributed by atoms with Gasteiger partial charge in [0.25, 0.3) is 0 Å². The summed E-state index contributed by atoms with van der Waals surface area (Å²) in [5, 5.41) is 0.666. The summed E-state index contributed by atoms with van der Waals surface area (Å²) in [4.78, 5) is 0. The molecule has 96 valence electrons. The molecule has 0 aromatic heterocycles. The first-order chi connectivity index (χ1) is 7.95. The molecule has 0 amide bonds. The quantitative estimate of drug-likeness (QED) is 0.882. The highest BCUT2D eigenvalue weighted by atomic mass is 35.5. The van der Waals surface area contributed by atoms with Crippen molar-refractivity contribution in [2.24, 2.45) is 5.73 Å². The van der Waals surface area contributed by atoms with E-state index in [2.05, 4.69) is 0 Å². The van der Waals surface area contributed by atoms with Crippen molar-refractivity contribution >= 4 is 11.6 Å². The second kappa shape index (κ2) is 6.12. The predicted molar refractivity (Wildman–Crippen MR) is 71.1 cm³/mol. The maximum absolute atomic E-state index is 6.19. The van der Waals surface area contributed by atoms with Crippen LogP contribution in [0.15, 0.2) is 12.1 Å². The number of ether oxygens (including phenoxy) is 2. The zero-order chi connectivity index (χ0) is 13.0. The van der Waals surface area contributed by atoms with Crippen LogP contribution in [0, 0.1) is 0 Å². The van der Waals surface area contributed by atoms with Crippen LogP contribution >= 0.6 is 11.6 Å². The van der Waals surface area contributed by atoms with Gasteiger partial charge in [-0.1, -0.05) is 11.6 Å². The van der Waals surface area contributed by atoms with Gasteiger partial charge in [0.05, 0.1) is 13.2 Å². The van der Waals surface area contributed by atoms with Crippen molar-refractivity contribution in [1.29, 1.82) is 0 Å². The van der Waals surface area contributed by atoms with Gasteiger partial charge in [-0.25, -0.2) is 0 Å². The fourth-order valence-electron chi connectivity index (χ4n) is 1.62. The molecule has 1 aromatic rings. The van der Waals surface area contributed by atoms with E-state index in [-0.39, 0.29) is 12.1 Å². The van der Waals surface area contributed by atoms with Gasteiger partial charge in [-0.2, -0.15) is 0 Å². The van der Waals surface area contributed by atoms with Gasteiger partial charge in [-0.3, -0.25) is 0 Å². The Balaban J connectivity index is 3.21. The summed E-state index contributed by atoms with van der Waals surface area (Å²) in [6.07, 6.45) is 0.729. The summed E-state index contributed by atoms with van der Waals surface area (Å²) in [6.45, 7) is 5.88. The number of rotatable bonds is 5. The third kappa shape index (κ3) is 3.79. The second-order valence-electron chi connectivity index (χ2n) is 4.41. The summed E-state index contributed by atoms with van der Waals surface area (Å²) < 4.78 is 11.1. The number of benzene rings is 1. The van der Waals surface area contributed by atoms with E-state index < -0.39 is 0 Å². The Morgan fingerprint density at radius 2 is 1.94 bits per heavy atom. The topological polar surface area (TPSA) is 44.5 Å². The lowest BCUT2D eigenvalue weighted by atomic mass is 10.1. The standard InChI is InChI=1S/C13H20ClNO2/c1-8(2)17-13-10(7-9(3)15)11(14)5-6-12(13)16-4/h5-6,8-9H,7,15H2,1-4H3. The van der Waals surface area contributed by atoms with Crippen molar-refractivity contribution in [2.75, 3.05) is 7.11 Å². The van der Waals surface area contributed by atoms with Crippen LogP contribution in [0.25, 0.3) is 0 Å². The van der Waals surface area contributed by atoms with E-state index in [1.165, 1.54) is 0 Å². The fraction of sp³-hybridized carbons (Fsp3) is 0.538. The SMILES string of the molecule is COc1ccc(Cl)c(CC(C)N)c1OC(C)C. The zero-order valence-corrected chi connectivity index (χ0v) is 11.5. The van der Waals surface area contributed by atoms with E-state index in [1.54, 1.807) is 7.11 Å². The molecule has 1 unspecified atom stereocenters. The molecule has 4 heteroatoms. The average Bonchev–Trinajstić information content (AvgIpc) is 2.22. The van der Waals surface area contributed by atoms with Gasteiger partial charge in [0.15, 0.2) is 11.5 Å². The van der Waals surface area contributed by atoms with Gasteiger partial charge in [-0.05, 0) is 39.3 Å². The molecule has 0 aliphatic heterocycles. The first kappa shape index (κ1) is 14.1. The number of halogens is 1. The largest absolute Gasteiger partial charge is 0.493 e. The normalized spacial score (nSPS) is 12.6. The van der Waals surface area contributed by atoms with E-state index >= 15 is 0 Å². The van der Waals surface area contributed by atoms with Crippen molar-refractivity contribution in [3.8, 4) is 11.5 Å². The van der Waals surface area contributed by atoms with Gasteiger partial charge >= 0.3 is 0 Å². The van der Waals surface area contributed by atoms with Gasteiger partial charge < -0.3 is 15.2 Å². The molecule has 1 atom stereocenters. The summed E-state index contributed by atoms with van der Waals surface area (Å²) >= 11 is 6.19. The van der Waals surface area contributed by atoms with E-state index in [9.17, 15) is 0 Å². The summed E-state index contributed by atoms with van der Waals surface area (Å²) in [5.41, 5.74) is 6.74. The maximum atomic E-state index is 6.19. The Bertz CT molecular complexity index is 378. The van der Waals surface area contributed by atoms with E-state index in [0.717, 1.165) is 5.56 Å². The van der Waals surface area contributed by atoms with Crippen LogP contribution in [0.3, 0.4) is 0 Å². The smallest absolute Gasteiger partial charge is 0.166 e. The number of nitrogens with two attached hydrogens (primary N) is 1. The molecule has 0 saturated carbocycles. The first-order valence-electron chi connectivity index (χ1n) is 5.73. The molecule has 0 bridgehead atoms. The molecule has 17 heavy (non-hydrogen) atoms. The molecule has 0 saturated heterocycles. The Kier molecular flexibility index (Phi) is 5.09. The molecule has 0 radical (unpaired) electrons. The third-order valence-corrected chi connectivity index (χ3v) is 2.62. The van der Waals surface area contributed by atoms with Crippen LogP contribution in [0.1, 0.15) is 26.3 Å². The molecule has 1 aromatic carbocycles. The zero-order valence-electron chi connectivity index (χ0n) is 10.8. The first-order valence-corrected chi connectivity index (χ1v) is 6.11. The molecule has 0 aliphatic rings. The lowest BCUT2D eigenvalue weighted by Gasteiger charge is -2.19. The second-order valence-corrected chi connectivity index (χ2v) is 4.81. The van der Waals surface area contributed by atoms with Crippen molar-refractivity contribution < 1.29 is 9.47 Å². The number of hydrogen-bond acceptors (Lipinski definition) is 3. The van der Waals surface area contributed by atoms with Crippen molar-refractivity contribution in [3.63, 3.8) is 0 Å². The van der Waals surface area contributed by atoms with Crippen LogP contribution in [0.2, 0.25) is 5.02 Å². The third-order valence-electron chi connectivity index (χ3n) is 2.27. The van der Waals surface area contributed by atoms with E-state index in [0.29, 0.717) is 22.9 Å². The van der Waals surface area contributed by atoms with Crippen LogP contribution in [0.5, 0.6) is 11.5 Å². The van der Waals surface area contributed by atoms with E-state index in [1.807, 2.05) is 32.9 Å². The molecule has 0 aliphatic carbocycles. The number of hydrogen-bond donors (Lipinski definition) is 1. The van der Waals surface area contributed by atoms with Crippen LogP contribution in [0.4, 0.5) is 0 Å². The monoisotopic (exact) mass is 257 g/mol. The van der Waals surface area contributed by atoms with Crippen LogP contribution in [-0.4, -0.2) is 19.3 Å². The predicted octanol–water partition coefficient (Wildman–Crippen LogP) is 3.03. The van der Waals surface area contributed by atoms with Crippen molar-refractivity contribution in [3.05, 3.63) is 22.7 Å². The highest BCUT2D eigenvalue weighted by Crippen LogP contribution is 2.37. The Morgan fingerprint density at radius 3 is 2.41 bits per heavy atom. The highest BCUT2D eigenvalue weighted by molar-refractivity contribution is 6.31. The van der Waals surface area contributed by atoms with Gasteiger partial charge in [-0.15, -0.1) is 0 Å². The lowest BCUT2D eigenvalue weighted by molar-refractivity contribution is 0.227. The summed E-state index contributed by atoms with van der Waals surface area (Å²) in [5.74, 6) is 1.39. The van der Waals surface area contributed by atoms with Crippen molar-refractivity contribution in [1.82, 2.24) is 0 Å². The van der Waals surface area contributed by atoms with Crippen LogP contribution in [-0.2, 0) is 6.42 Å². The molecule has 2 N–H and O–H groups in total. The lowest BCUT2D eigenvalue weighted by Crippen LogP contribution is -2.19. The minimum Gasteiger partial charge on any atom is -0.493 e. The molecule has 0 fully saturated rings. The number of methoxy groups -OCH3 is 1. The summed E-state index contributed by atoms with van der Waals surface area (Å²) in [6, 6.07) is 3.64. The maximum Gasteiger partial charge on any atom is 0.166 e. The minimum atomic E-state index is 0.0223. The molecular formula is C13H20ClNO2. The molecule has 0 spiro atoms. The average molecular weight is 258 g/mol. The Hall–Kier alpha value is -0.930. The molecule has 0 heterocycles. The van der Waals surface area contributed by atoms with Gasteiger partial charge in [0.1, 0.15) is 0 Å². The summed E-state index contributed by atoms with van der Waals surface area (Å²) in [7, 11) is 1.62. The fourth-order valence-corrected chi connectivity index (χ4v) is 1.85. The molecule has 3 nitrogen and oxygen atoms in total. The minimum absolute atomic E-state index is 0.0223.